The van der Waals surface area contributed by atoms with Gasteiger partial charge in [0.15, 0.2) is 11.5 Å². The summed E-state index contributed by atoms with van der Waals surface area (Å²) in [6, 6.07) is 4.15. The maximum Gasteiger partial charge on any atom is 0.175 e. The van der Waals surface area contributed by atoms with Gasteiger partial charge in [-0.2, -0.15) is 0 Å². The van der Waals surface area contributed by atoms with Crippen LogP contribution in [0.25, 0.3) is 0 Å². The van der Waals surface area contributed by atoms with Crippen molar-refractivity contribution in [2.45, 2.75) is 46.2 Å². The zero-order valence-corrected chi connectivity index (χ0v) is 14.7. The van der Waals surface area contributed by atoms with Gasteiger partial charge in [0.25, 0.3) is 0 Å². The standard InChI is InChI=1S/C16H26BrNO3/c1-4-7-21-16-14(17)8-12(9-15(16)20-6-3)10-18-13(5-2)11-19/h8-9,13,18-19H,4-7,10-11H2,1-3H3/t13-/m1/s1. The molecule has 0 saturated heterocycles. The molecule has 5 heteroatoms. The van der Waals surface area contributed by atoms with Crippen molar-refractivity contribution in [3.8, 4) is 11.5 Å². The highest BCUT2D eigenvalue weighted by atomic mass is 79.9. The highest BCUT2D eigenvalue weighted by Gasteiger charge is 2.13. The number of hydrogen-bond donors (Lipinski definition) is 2. The summed E-state index contributed by atoms with van der Waals surface area (Å²) in [5.74, 6) is 1.52. The Kier molecular flexibility index (Phi) is 8.73. The Hall–Kier alpha value is -0.780. The molecule has 4 nitrogen and oxygen atoms in total. The van der Waals surface area contributed by atoms with Crippen LogP contribution in [0.5, 0.6) is 11.5 Å². The van der Waals surface area contributed by atoms with Crippen LogP contribution < -0.4 is 14.8 Å². The smallest absolute Gasteiger partial charge is 0.175 e. The van der Waals surface area contributed by atoms with Gasteiger partial charge in [-0.1, -0.05) is 13.8 Å². The molecule has 0 aliphatic heterocycles. The molecule has 21 heavy (non-hydrogen) atoms. The number of nitrogens with one attached hydrogen (secondary N) is 1. The molecule has 1 aromatic carbocycles. The lowest BCUT2D eigenvalue weighted by Crippen LogP contribution is -2.31. The molecule has 1 rings (SSSR count). The molecule has 0 amide bonds. The van der Waals surface area contributed by atoms with Gasteiger partial charge in [0.1, 0.15) is 0 Å². The number of halogens is 1. The quantitative estimate of drug-likeness (QED) is 0.671. The molecule has 120 valence electrons. The molecule has 0 spiro atoms. The Bertz CT molecular complexity index is 422. The molecule has 0 aliphatic rings. The fraction of sp³-hybridized carbons (Fsp3) is 0.625. The molecule has 0 unspecified atom stereocenters. The molecular weight excluding hydrogens is 334 g/mol. The predicted molar refractivity (Wildman–Crippen MR) is 89.1 cm³/mol. The summed E-state index contributed by atoms with van der Waals surface area (Å²) in [6.07, 6.45) is 1.85. The van der Waals surface area contributed by atoms with Crippen molar-refractivity contribution >= 4 is 15.9 Å². The Morgan fingerprint density at radius 1 is 1.24 bits per heavy atom. The van der Waals surface area contributed by atoms with E-state index in [-0.39, 0.29) is 12.6 Å². The van der Waals surface area contributed by atoms with Gasteiger partial charge in [-0.05, 0) is 53.4 Å². The molecule has 0 saturated carbocycles. The van der Waals surface area contributed by atoms with E-state index in [0.29, 0.717) is 19.8 Å². The highest BCUT2D eigenvalue weighted by Crippen LogP contribution is 2.37. The minimum absolute atomic E-state index is 0.121. The Balaban J connectivity index is 2.86. The van der Waals surface area contributed by atoms with E-state index in [0.717, 1.165) is 34.4 Å². The summed E-state index contributed by atoms with van der Waals surface area (Å²) in [5, 5.41) is 12.5. The third kappa shape index (κ3) is 5.85. The van der Waals surface area contributed by atoms with Crippen LogP contribution >= 0.6 is 15.9 Å². The normalized spacial score (nSPS) is 12.2. The van der Waals surface area contributed by atoms with Crippen LogP contribution in [-0.2, 0) is 6.54 Å². The molecule has 1 aromatic rings. The molecule has 0 aliphatic carbocycles. The van der Waals surface area contributed by atoms with Crippen LogP contribution in [0.15, 0.2) is 16.6 Å². The summed E-state index contributed by atoms with van der Waals surface area (Å²) in [7, 11) is 0. The van der Waals surface area contributed by atoms with Gasteiger partial charge in [0, 0.05) is 12.6 Å². The van der Waals surface area contributed by atoms with Crippen LogP contribution in [0.2, 0.25) is 0 Å². The first-order chi connectivity index (χ1) is 10.2. The van der Waals surface area contributed by atoms with E-state index in [1.165, 1.54) is 0 Å². The van der Waals surface area contributed by atoms with E-state index < -0.39 is 0 Å². The summed E-state index contributed by atoms with van der Waals surface area (Å²) in [5.41, 5.74) is 1.10. The third-order valence-electron chi connectivity index (χ3n) is 3.13. The van der Waals surface area contributed by atoms with Gasteiger partial charge in [0.2, 0.25) is 0 Å². The first-order valence-corrected chi connectivity index (χ1v) is 8.37. The minimum atomic E-state index is 0.121. The van der Waals surface area contributed by atoms with E-state index in [2.05, 4.69) is 35.1 Å². The highest BCUT2D eigenvalue weighted by molar-refractivity contribution is 9.10. The van der Waals surface area contributed by atoms with E-state index in [9.17, 15) is 5.11 Å². The second-order valence-electron chi connectivity index (χ2n) is 4.86. The van der Waals surface area contributed by atoms with E-state index >= 15 is 0 Å². The van der Waals surface area contributed by atoms with Gasteiger partial charge in [-0.25, -0.2) is 0 Å². The molecule has 0 bridgehead atoms. The lowest BCUT2D eigenvalue weighted by atomic mass is 10.1. The number of benzene rings is 1. The monoisotopic (exact) mass is 359 g/mol. The topological polar surface area (TPSA) is 50.7 Å². The zero-order chi connectivity index (χ0) is 15.7. The van der Waals surface area contributed by atoms with Crippen molar-refractivity contribution < 1.29 is 14.6 Å². The van der Waals surface area contributed by atoms with Crippen molar-refractivity contribution in [3.63, 3.8) is 0 Å². The SMILES string of the molecule is CCCOc1c(Br)cc(CN[C@H](CC)CO)cc1OCC. The Labute approximate surface area is 136 Å². The lowest BCUT2D eigenvalue weighted by Gasteiger charge is -2.17. The van der Waals surface area contributed by atoms with Crippen LogP contribution in [-0.4, -0.2) is 31.0 Å². The van der Waals surface area contributed by atoms with E-state index in [1.54, 1.807) is 0 Å². The summed E-state index contributed by atoms with van der Waals surface area (Å²) in [4.78, 5) is 0. The molecule has 0 heterocycles. The number of ether oxygens (including phenoxy) is 2. The zero-order valence-electron chi connectivity index (χ0n) is 13.1. The van der Waals surface area contributed by atoms with Crippen LogP contribution in [0.4, 0.5) is 0 Å². The van der Waals surface area contributed by atoms with E-state index in [4.69, 9.17) is 9.47 Å². The maximum absolute atomic E-state index is 9.22. The first kappa shape index (κ1) is 18.3. The molecule has 1 atom stereocenters. The lowest BCUT2D eigenvalue weighted by molar-refractivity contribution is 0.238. The van der Waals surface area contributed by atoms with Crippen molar-refractivity contribution in [3.05, 3.63) is 22.2 Å². The van der Waals surface area contributed by atoms with Crippen molar-refractivity contribution in [1.82, 2.24) is 5.32 Å². The number of aliphatic hydroxyl groups excluding tert-OH is 1. The van der Waals surface area contributed by atoms with Gasteiger partial charge in [-0.3, -0.25) is 0 Å². The van der Waals surface area contributed by atoms with Crippen LogP contribution in [0.1, 0.15) is 39.2 Å². The van der Waals surface area contributed by atoms with E-state index in [1.807, 2.05) is 19.1 Å². The minimum Gasteiger partial charge on any atom is -0.490 e. The summed E-state index contributed by atoms with van der Waals surface area (Å²) >= 11 is 3.56. The number of hydrogen-bond acceptors (Lipinski definition) is 4. The predicted octanol–water partition coefficient (Wildman–Crippen LogP) is 3.50. The third-order valence-corrected chi connectivity index (χ3v) is 3.72. The second-order valence-corrected chi connectivity index (χ2v) is 5.71. The van der Waals surface area contributed by atoms with Gasteiger partial charge < -0.3 is 19.9 Å². The van der Waals surface area contributed by atoms with Crippen LogP contribution in [0.3, 0.4) is 0 Å². The van der Waals surface area contributed by atoms with Gasteiger partial charge in [0.05, 0.1) is 24.3 Å². The molecule has 0 radical (unpaired) electrons. The van der Waals surface area contributed by atoms with Gasteiger partial charge in [-0.15, -0.1) is 0 Å². The van der Waals surface area contributed by atoms with Crippen molar-refractivity contribution in [1.29, 1.82) is 0 Å². The molecule has 0 fully saturated rings. The fourth-order valence-corrected chi connectivity index (χ4v) is 2.53. The largest absolute Gasteiger partial charge is 0.490 e. The average Bonchev–Trinajstić information content (AvgIpc) is 2.48. The summed E-state index contributed by atoms with van der Waals surface area (Å²) < 4.78 is 12.3. The average molecular weight is 360 g/mol. The Morgan fingerprint density at radius 2 is 2.00 bits per heavy atom. The Morgan fingerprint density at radius 3 is 2.57 bits per heavy atom. The molecule has 0 aromatic heterocycles. The molecular formula is C16H26BrNO3. The van der Waals surface area contributed by atoms with Crippen molar-refractivity contribution in [2.24, 2.45) is 0 Å². The number of aliphatic hydroxyl groups is 1. The molecule has 2 N–H and O–H groups in total. The first-order valence-electron chi connectivity index (χ1n) is 7.58. The number of rotatable bonds is 10. The fourth-order valence-electron chi connectivity index (χ4n) is 1.93. The van der Waals surface area contributed by atoms with Crippen LogP contribution in [0, 0.1) is 0 Å². The second kappa shape index (κ2) is 10.0. The summed E-state index contributed by atoms with van der Waals surface area (Å²) in [6.45, 7) is 8.18. The van der Waals surface area contributed by atoms with Gasteiger partial charge >= 0.3 is 0 Å². The maximum atomic E-state index is 9.22. The van der Waals surface area contributed by atoms with Crippen molar-refractivity contribution in [2.75, 3.05) is 19.8 Å².